The van der Waals surface area contributed by atoms with Gasteiger partial charge < -0.3 is 5.73 Å². The van der Waals surface area contributed by atoms with Crippen molar-refractivity contribution < 1.29 is 4.92 Å². The van der Waals surface area contributed by atoms with E-state index in [1.165, 1.54) is 6.33 Å². The summed E-state index contributed by atoms with van der Waals surface area (Å²) < 4.78 is 1.57. The van der Waals surface area contributed by atoms with E-state index in [0.717, 1.165) is 11.1 Å². The van der Waals surface area contributed by atoms with Gasteiger partial charge in [-0.2, -0.15) is 5.10 Å². The van der Waals surface area contributed by atoms with Gasteiger partial charge in [-0.05, 0) is 20.8 Å². The van der Waals surface area contributed by atoms with Crippen LogP contribution >= 0.6 is 0 Å². The second-order valence-electron chi connectivity index (χ2n) is 6.39. The molecule has 124 valence electrons. The highest BCUT2D eigenvalue weighted by atomic mass is 16.6. The Bertz CT molecular complexity index is 914. The van der Waals surface area contributed by atoms with Crippen molar-refractivity contribution in [2.24, 2.45) is 0 Å². The standard InChI is InChI=1S/C16H18N6O2/c1-10-4-6-11(7-5-10)13-12-14(17)18-9-19-15(12)22(20-13)16(2,3)8-21(23)24/h4-7,9H,8H2,1-3H3,(H2,17,18,19). The fraction of sp³-hybridized carbons (Fsp3) is 0.312. The van der Waals surface area contributed by atoms with Crippen molar-refractivity contribution >= 4 is 16.9 Å². The molecule has 3 aromatic rings. The first-order valence-corrected chi connectivity index (χ1v) is 7.48. The molecule has 0 atom stereocenters. The zero-order valence-corrected chi connectivity index (χ0v) is 13.7. The van der Waals surface area contributed by atoms with Gasteiger partial charge in [0.2, 0.25) is 6.54 Å². The molecule has 0 saturated heterocycles. The van der Waals surface area contributed by atoms with Crippen molar-refractivity contribution in [3.63, 3.8) is 0 Å². The van der Waals surface area contributed by atoms with Crippen LogP contribution in [0.15, 0.2) is 30.6 Å². The first-order valence-electron chi connectivity index (χ1n) is 7.48. The lowest BCUT2D eigenvalue weighted by molar-refractivity contribution is -0.493. The average molecular weight is 326 g/mol. The molecule has 3 rings (SSSR count). The van der Waals surface area contributed by atoms with Crippen LogP contribution in [0, 0.1) is 17.0 Å². The normalized spacial score (nSPS) is 11.8. The van der Waals surface area contributed by atoms with Gasteiger partial charge in [-0.25, -0.2) is 14.6 Å². The van der Waals surface area contributed by atoms with Crippen molar-refractivity contribution in [2.45, 2.75) is 26.3 Å². The number of aryl methyl sites for hydroxylation is 1. The maximum atomic E-state index is 11.0. The van der Waals surface area contributed by atoms with Crippen LogP contribution in [0.1, 0.15) is 19.4 Å². The maximum absolute atomic E-state index is 11.0. The van der Waals surface area contributed by atoms with E-state index in [2.05, 4.69) is 15.1 Å². The lowest BCUT2D eigenvalue weighted by atomic mass is 10.1. The van der Waals surface area contributed by atoms with Gasteiger partial charge >= 0.3 is 0 Å². The highest BCUT2D eigenvalue weighted by Crippen LogP contribution is 2.33. The van der Waals surface area contributed by atoms with Crippen LogP contribution in [0.4, 0.5) is 5.82 Å². The summed E-state index contributed by atoms with van der Waals surface area (Å²) in [7, 11) is 0. The molecular weight excluding hydrogens is 308 g/mol. The SMILES string of the molecule is Cc1ccc(-c2nn(C(C)(C)C[N+](=O)[O-])c3ncnc(N)c23)cc1. The van der Waals surface area contributed by atoms with Crippen LogP contribution in [0.3, 0.4) is 0 Å². The number of rotatable bonds is 4. The Morgan fingerprint density at radius 2 is 1.92 bits per heavy atom. The molecule has 0 spiro atoms. The fourth-order valence-corrected chi connectivity index (χ4v) is 2.69. The summed E-state index contributed by atoms with van der Waals surface area (Å²) in [5.74, 6) is 0.304. The van der Waals surface area contributed by atoms with Crippen LogP contribution < -0.4 is 5.73 Å². The second-order valence-corrected chi connectivity index (χ2v) is 6.39. The monoisotopic (exact) mass is 326 g/mol. The minimum absolute atomic E-state index is 0.277. The molecule has 0 amide bonds. The number of fused-ring (bicyclic) bond motifs is 1. The third kappa shape index (κ3) is 2.66. The molecule has 1 aromatic carbocycles. The number of nitro groups is 1. The summed E-state index contributed by atoms with van der Waals surface area (Å²) in [4.78, 5) is 19.0. The van der Waals surface area contributed by atoms with E-state index in [9.17, 15) is 10.1 Å². The third-order valence-electron chi connectivity index (χ3n) is 3.91. The third-order valence-corrected chi connectivity index (χ3v) is 3.91. The predicted molar refractivity (Wildman–Crippen MR) is 91.1 cm³/mol. The fourth-order valence-electron chi connectivity index (χ4n) is 2.69. The van der Waals surface area contributed by atoms with Crippen LogP contribution in [-0.2, 0) is 5.54 Å². The van der Waals surface area contributed by atoms with Crippen molar-refractivity contribution in [3.8, 4) is 11.3 Å². The molecule has 0 radical (unpaired) electrons. The van der Waals surface area contributed by atoms with E-state index < -0.39 is 5.54 Å². The molecule has 0 aliphatic rings. The Balaban J connectivity index is 2.28. The molecule has 2 N–H and O–H groups in total. The van der Waals surface area contributed by atoms with Gasteiger partial charge in [-0.15, -0.1) is 0 Å². The van der Waals surface area contributed by atoms with Crippen molar-refractivity contribution in [1.82, 2.24) is 19.7 Å². The maximum Gasteiger partial charge on any atom is 0.228 e. The minimum atomic E-state index is -0.856. The van der Waals surface area contributed by atoms with Gasteiger partial charge in [0.15, 0.2) is 5.65 Å². The quantitative estimate of drug-likeness (QED) is 0.582. The van der Waals surface area contributed by atoms with Gasteiger partial charge in [0.1, 0.15) is 23.4 Å². The number of nitrogens with zero attached hydrogens (tertiary/aromatic N) is 5. The lowest BCUT2D eigenvalue weighted by Crippen LogP contribution is -2.35. The number of nitrogens with two attached hydrogens (primary N) is 1. The Morgan fingerprint density at radius 1 is 1.25 bits per heavy atom. The minimum Gasteiger partial charge on any atom is -0.383 e. The average Bonchev–Trinajstić information content (AvgIpc) is 2.88. The number of anilines is 1. The highest BCUT2D eigenvalue weighted by molar-refractivity contribution is 5.98. The molecular formula is C16H18N6O2. The van der Waals surface area contributed by atoms with Crippen molar-refractivity contribution in [1.29, 1.82) is 0 Å². The van der Waals surface area contributed by atoms with Crippen LogP contribution in [-0.4, -0.2) is 31.2 Å². The number of hydrogen-bond acceptors (Lipinski definition) is 6. The molecule has 2 heterocycles. The summed E-state index contributed by atoms with van der Waals surface area (Å²) in [5.41, 5.74) is 8.29. The van der Waals surface area contributed by atoms with Crippen LogP contribution in [0.25, 0.3) is 22.3 Å². The van der Waals surface area contributed by atoms with E-state index >= 15 is 0 Å². The summed E-state index contributed by atoms with van der Waals surface area (Å²) in [6.45, 7) is 5.22. The Kier molecular flexibility index (Phi) is 3.67. The van der Waals surface area contributed by atoms with Crippen LogP contribution in [0.2, 0.25) is 0 Å². The number of nitrogen functional groups attached to an aromatic ring is 1. The van der Waals surface area contributed by atoms with Gasteiger partial charge in [0.05, 0.1) is 5.39 Å². The molecule has 8 heteroatoms. The van der Waals surface area contributed by atoms with Gasteiger partial charge in [-0.1, -0.05) is 29.8 Å². The summed E-state index contributed by atoms with van der Waals surface area (Å²) >= 11 is 0. The van der Waals surface area contributed by atoms with Gasteiger partial charge in [0.25, 0.3) is 0 Å². The van der Waals surface area contributed by atoms with E-state index in [4.69, 9.17) is 5.73 Å². The van der Waals surface area contributed by atoms with Crippen LogP contribution in [0.5, 0.6) is 0 Å². The van der Waals surface area contributed by atoms with Gasteiger partial charge in [0, 0.05) is 10.5 Å². The van der Waals surface area contributed by atoms with Crippen molar-refractivity contribution in [2.75, 3.05) is 12.3 Å². The molecule has 24 heavy (non-hydrogen) atoms. The first kappa shape index (κ1) is 15.9. The summed E-state index contributed by atoms with van der Waals surface area (Å²) in [6.07, 6.45) is 1.34. The molecule has 0 aliphatic heterocycles. The number of benzene rings is 1. The molecule has 8 nitrogen and oxygen atoms in total. The molecule has 0 bridgehead atoms. The van der Waals surface area contributed by atoms with E-state index in [1.807, 2.05) is 31.2 Å². The molecule has 2 aromatic heterocycles. The Labute approximate surface area is 138 Å². The second kappa shape index (κ2) is 5.55. The smallest absolute Gasteiger partial charge is 0.228 e. The Hall–Kier alpha value is -3.03. The summed E-state index contributed by atoms with van der Waals surface area (Å²) in [5, 5.41) is 16.2. The van der Waals surface area contributed by atoms with E-state index in [-0.39, 0.29) is 11.5 Å². The predicted octanol–water partition coefficient (Wildman–Crippen LogP) is 2.40. The van der Waals surface area contributed by atoms with Gasteiger partial charge in [-0.3, -0.25) is 10.1 Å². The van der Waals surface area contributed by atoms with E-state index in [1.54, 1.807) is 18.5 Å². The number of aromatic nitrogens is 4. The molecule has 0 unspecified atom stereocenters. The van der Waals surface area contributed by atoms with Crippen molar-refractivity contribution in [3.05, 3.63) is 46.3 Å². The van der Waals surface area contributed by atoms with E-state index in [0.29, 0.717) is 22.5 Å². The molecule has 0 aliphatic carbocycles. The molecule has 0 fully saturated rings. The highest BCUT2D eigenvalue weighted by Gasteiger charge is 2.32. The lowest BCUT2D eigenvalue weighted by Gasteiger charge is -2.20. The Morgan fingerprint density at radius 3 is 2.54 bits per heavy atom. The number of hydrogen-bond donors (Lipinski definition) is 1. The largest absolute Gasteiger partial charge is 0.383 e. The molecule has 0 saturated carbocycles. The zero-order valence-electron chi connectivity index (χ0n) is 13.7. The topological polar surface area (TPSA) is 113 Å². The summed E-state index contributed by atoms with van der Waals surface area (Å²) in [6, 6.07) is 7.83. The first-order chi connectivity index (χ1) is 11.3. The zero-order chi connectivity index (χ0) is 17.5.